The number of imidazole rings is 1. The van der Waals surface area contributed by atoms with Crippen LogP contribution >= 0.6 is 15.9 Å². The average molecular weight is 399 g/mol. The van der Waals surface area contributed by atoms with Crippen LogP contribution in [0, 0.1) is 0 Å². The summed E-state index contributed by atoms with van der Waals surface area (Å²) in [4.78, 5) is 23.6. The lowest BCUT2D eigenvalue weighted by atomic mass is 9.89. The van der Waals surface area contributed by atoms with Gasteiger partial charge in [0.05, 0.1) is 11.9 Å². The van der Waals surface area contributed by atoms with Gasteiger partial charge >= 0.3 is 0 Å². The van der Waals surface area contributed by atoms with Gasteiger partial charge in [-0.2, -0.15) is 0 Å². The van der Waals surface area contributed by atoms with Gasteiger partial charge in [-0.25, -0.2) is 9.97 Å². The van der Waals surface area contributed by atoms with Crippen LogP contribution < -0.4 is 0 Å². The molecule has 0 bridgehead atoms. The standard InChI is InChI=1S/C19H19BrN4O/c1-23-12-22-17-15(6-9-21-18(17)23)19(25)24-10-7-13(8-11-24)14-4-2-3-5-16(14)20/h2-6,9,12-13H,7-8,10-11H2,1H3. The van der Waals surface area contributed by atoms with E-state index >= 15 is 0 Å². The van der Waals surface area contributed by atoms with Gasteiger partial charge in [-0.3, -0.25) is 4.79 Å². The number of carbonyl (C=O) groups excluding carboxylic acids is 1. The van der Waals surface area contributed by atoms with E-state index in [0.29, 0.717) is 17.0 Å². The fourth-order valence-corrected chi connectivity index (χ4v) is 4.18. The maximum atomic E-state index is 13.0. The smallest absolute Gasteiger partial charge is 0.256 e. The molecule has 0 atom stereocenters. The number of nitrogens with zero attached hydrogens (tertiary/aromatic N) is 4. The van der Waals surface area contributed by atoms with Crippen LogP contribution in [0.25, 0.3) is 11.2 Å². The summed E-state index contributed by atoms with van der Waals surface area (Å²) in [6.45, 7) is 1.53. The third kappa shape index (κ3) is 2.95. The predicted octanol–water partition coefficient (Wildman–Crippen LogP) is 3.75. The normalized spacial score (nSPS) is 15.7. The third-order valence-electron chi connectivity index (χ3n) is 4.96. The first kappa shape index (κ1) is 16.3. The summed E-state index contributed by atoms with van der Waals surface area (Å²) in [5, 5.41) is 0. The molecule has 0 radical (unpaired) electrons. The van der Waals surface area contributed by atoms with Gasteiger partial charge in [0.2, 0.25) is 0 Å². The molecule has 5 nitrogen and oxygen atoms in total. The first-order valence-electron chi connectivity index (χ1n) is 8.45. The highest BCUT2D eigenvalue weighted by Crippen LogP contribution is 2.33. The second kappa shape index (κ2) is 6.59. The molecule has 1 aromatic carbocycles. The second-order valence-electron chi connectivity index (χ2n) is 6.47. The van der Waals surface area contributed by atoms with Gasteiger partial charge in [0, 0.05) is 30.8 Å². The van der Waals surface area contributed by atoms with E-state index in [0.717, 1.165) is 36.1 Å². The Bertz CT molecular complexity index is 928. The van der Waals surface area contributed by atoms with Crippen LogP contribution in [0.5, 0.6) is 0 Å². The van der Waals surface area contributed by atoms with Crippen LogP contribution in [-0.4, -0.2) is 38.4 Å². The van der Waals surface area contributed by atoms with Gasteiger partial charge in [-0.1, -0.05) is 34.1 Å². The van der Waals surface area contributed by atoms with Crippen molar-refractivity contribution in [2.24, 2.45) is 7.05 Å². The predicted molar refractivity (Wildman–Crippen MR) is 101 cm³/mol. The molecule has 0 saturated carbocycles. The largest absolute Gasteiger partial charge is 0.339 e. The van der Waals surface area contributed by atoms with Crippen LogP contribution in [0.15, 0.2) is 47.3 Å². The maximum Gasteiger partial charge on any atom is 0.256 e. The monoisotopic (exact) mass is 398 g/mol. The number of fused-ring (bicyclic) bond motifs is 1. The molecular formula is C19H19BrN4O. The molecule has 25 heavy (non-hydrogen) atoms. The molecule has 128 valence electrons. The number of carbonyl (C=O) groups is 1. The summed E-state index contributed by atoms with van der Waals surface area (Å²) in [5.74, 6) is 0.545. The van der Waals surface area contributed by atoms with Crippen molar-refractivity contribution >= 4 is 33.0 Å². The molecule has 1 amide bonds. The third-order valence-corrected chi connectivity index (χ3v) is 5.68. The summed E-state index contributed by atoms with van der Waals surface area (Å²) in [7, 11) is 1.89. The van der Waals surface area contributed by atoms with Crippen molar-refractivity contribution in [2.75, 3.05) is 13.1 Å². The quantitative estimate of drug-likeness (QED) is 0.660. The zero-order valence-electron chi connectivity index (χ0n) is 14.0. The summed E-state index contributed by atoms with van der Waals surface area (Å²) >= 11 is 3.64. The van der Waals surface area contributed by atoms with E-state index in [4.69, 9.17) is 0 Å². The zero-order valence-corrected chi connectivity index (χ0v) is 15.6. The Kier molecular flexibility index (Phi) is 4.29. The van der Waals surface area contributed by atoms with Crippen molar-refractivity contribution < 1.29 is 4.79 Å². The van der Waals surface area contributed by atoms with E-state index in [2.05, 4.69) is 44.1 Å². The molecule has 0 unspecified atom stereocenters. The minimum Gasteiger partial charge on any atom is -0.339 e. The van der Waals surface area contributed by atoms with Crippen LogP contribution in [0.3, 0.4) is 0 Å². The molecule has 0 N–H and O–H groups in total. The maximum absolute atomic E-state index is 13.0. The van der Waals surface area contributed by atoms with E-state index in [1.807, 2.05) is 22.6 Å². The van der Waals surface area contributed by atoms with Crippen molar-refractivity contribution in [2.45, 2.75) is 18.8 Å². The Morgan fingerprint density at radius 1 is 1.16 bits per heavy atom. The van der Waals surface area contributed by atoms with Crippen molar-refractivity contribution in [1.82, 2.24) is 19.4 Å². The number of halogens is 1. The van der Waals surface area contributed by atoms with Gasteiger partial charge in [-0.05, 0) is 36.5 Å². The van der Waals surface area contributed by atoms with Crippen LogP contribution in [0.2, 0.25) is 0 Å². The molecular weight excluding hydrogens is 380 g/mol. The topological polar surface area (TPSA) is 51.0 Å². The van der Waals surface area contributed by atoms with Gasteiger partial charge in [-0.15, -0.1) is 0 Å². The number of benzene rings is 1. The molecule has 1 fully saturated rings. The lowest BCUT2D eigenvalue weighted by molar-refractivity contribution is 0.0714. The van der Waals surface area contributed by atoms with Crippen LogP contribution in [0.1, 0.15) is 34.7 Å². The number of aryl methyl sites for hydroxylation is 1. The van der Waals surface area contributed by atoms with E-state index in [-0.39, 0.29) is 5.91 Å². The first-order valence-corrected chi connectivity index (χ1v) is 9.24. The SMILES string of the molecule is Cn1cnc2c(C(=O)N3CCC(c4ccccc4Br)CC3)ccnc21. The second-order valence-corrected chi connectivity index (χ2v) is 7.33. The highest BCUT2D eigenvalue weighted by atomic mass is 79.9. The van der Waals surface area contributed by atoms with E-state index in [1.54, 1.807) is 18.6 Å². The highest BCUT2D eigenvalue weighted by molar-refractivity contribution is 9.10. The number of hydrogen-bond acceptors (Lipinski definition) is 3. The number of hydrogen-bond donors (Lipinski definition) is 0. The number of rotatable bonds is 2. The van der Waals surface area contributed by atoms with E-state index in [1.165, 1.54) is 5.56 Å². The number of pyridine rings is 1. The van der Waals surface area contributed by atoms with E-state index < -0.39 is 0 Å². The molecule has 4 rings (SSSR count). The van der Waals surface area contributed by atoms with Crippen LogP contribution in [-0.2, 0) is 7.05 Å². The van der Waals surface area contributed by atoms with Gasteiger partial charge in [0.15, 0.2) is 5.65 Å². The molecule has 6 heteroatoms. The summed E-state index contributed by atoms with van der Waals surface area (Å²) < 4.78 is 3.00. The van der Waals surface area contributed by atoms with Gasteiger partial charge < -0.3 is 9.47 Å². The van der Waals surface area contributed by atoms with E-state index in [9.17, 15) is 4.79 Å². The number of piperidine rings is 1. The Morgan fingerprint density at radius 3 is 2.68 bits per heavy atom. The van der Waals surface area contributed by atoms with Crippen LogP contribution in [0.4, 0.5) is 0 Å². The Labute approximate surface area is 154 Å². The molecule has 1 saturated heterocycles. The number of aromatic nitrogens is 3. The van der Waals surface area contributed by atoms with Crippen molar-refractivity contribution in [3.63, 3.8) is 0 Å². The van der Waals surface area contributed by atoms with Crippen molar-refractivity contribution in [3.8, 4) is 0 Å². The molecule has 2 aromatic heterocycles. The molecule has 1 aliphatic heterocycles. The summed E-state index contributed by atoms with van der Waals surface area (Å²) in [5.41, 5.74) is 3.41. The molecule has 0 spiro atoms. The fourth-order valence-electron chi connectivity index (χ4n) is 3.57. The molecule has 3 heterocycles. The zero-order chi connectivity index (χ0) is 17.4. The Morgan fingerprint density at radius 2 is 1.92 bits per heavy atom. The lowest BCUT2D eigenvalue weighted by Crippen LogP contribution is -2.38. The summed E-state index contributed by atoms with van der Waals surface area (Å²) in [6, 6.07) is 10.1. The molecule has 3 aromatic rings. The average Bonchev–Trinajstić information content (AvgIpc) is 3.03. The minimum absolute atomic E-state index is 0.0525. The Balaban J connectivity index is 1.52. The summed E-state index contributed by atoms with van der Waals surface area (Å²) in [6.07, 6.45) is 5.34. The number of likely N-dealkylation sites (tertiary alicyclic amines) is 1. The highest BCUT2D eigenvalue weighted by Gasteiger charge is 2.27. The molecule has 1 aliphatic rings. The first-order chi connectivity index (χ1) is 12.1. The lowest BCUT2D eigenvalue weighted by Gasteiger charge is -2.32. The van der Waals surface area contributed by atoms with Gasteiger partial charge in [0.25, 0.3) is 5.91 Å². The number of amides is 1. The van der Waals surface area contributed by atoms with Gasteiger partial charge in [0.1, 0.15) is 5.52 Å². The van der Waals surface area contributed by atoms with Crippen molar-refractivity contribution in [3.05, 3.63) is 58.5 Å². The minimum atomic E-state index is 0.0525. The molecule has 0 aliphatic carbocycles. The Hall–Kier alpha value is -2.21. The van der Waals surface area contributed by atoms with Crippen molar-refractivity contribution in [1.29, 1.82) is 0 Å². The fraction of sp³-hybridized carbons (Fsp3) is 0.316.